The first-order valence-electron chi connectivity index (χ1n) is 11.1. The molecule has 0 radical (unpaired) electrons. The maximum atomic E-state index is 12.9. The van der Waals surface area contributed by atoms with Crippen LogP contribution >= 0.6 is 0 Å². The van der Waals surface area contributed by atoms with E-state index >= 15 is 0 Å². The molecule has 1 aliphatic heterocycles. The maximum Gasteiger partial charge on any atom is 0.252 e. The Morgan fingerprint density at radius 3 is 2.75 bits per heavy atom. The summed E-state index contributed by atoms with van der Waals surface area (Å²) in [6, 6.07) is 7.61. The first-order valence-corrected chi connectivity index (χ1v) is 11.1. The number of piperidine rings is 1. The Balaban J connectivity index is 1.56. The number of methoxy groups -OCH3 is 1. The molecule has 0 bridgehead atoms. The van der Waals surface area contributed by atoms with Gasteiger partial charge in [-0.2, -0.15) is 4.98 Å². The van der Waals surface area contributed by atoms with Crippen LogP contribution in [0.1, 0.15) is 44.0 Å². The van der Waals surface area contributed by atoms with E-state index in [0.717, 1.165) is 24.2 Å². The van der Waals surface area contributed by atoms with Gasteiger partial charge in [-0.1, -0.05) is 17.3 Å². The largest absolute Gasteiger partial charge is 0.494 e. The lowest BCUT2D eigenvalue weighted by atomic mass is 10.0. The predicted molar refractivity (Wildman–Crippen MR) is 117 cm³/mol. The number of carbonyl (C=O) groups is 2. The average Bonchev–Trinajstić information content (AvgIpc) is 3.23. The van der Waals surface area contributed by atoms with Gasteiger partial charge >= 0.3 is 0 Å². The second-order valence-electron chi connectivity index (χ2n) is 7.89. The van der Waals surface area contributed by atoms with Gasteiger partial charge in [-0.25, -0.2) is 0 Å². The number of ether oxygens (including phenoxy) is 2. The summed E-state index contributed by atoms with van der Waals surface area (Å²) in [5.41, 5.74) is 0.952. The highest BCUT2D eigenvalue weighted by atomic mass is 16.5. The Morgan fingerprint density at radius 2 is 2.06 bits per heavy atom. The van der Waals surface area contributed by atoms with E-state index in [2.05, 4.69) is 10.1 Å². The highest BCUT2D eigenvalue weighted by Crippen LogP contribution is 2.19. The zero-order valence-electron chi connectivity index (χ0n) is 19.1. The maximum absolute atomic E-state index is 12.9. The normalized spacial score (nSPS) is 16.1. The highest BCUT2D eigenvalue weighted by molar-refractivity contribution is 5.79. The molecule has 1 aromatic heterocycles. The zero-order valence-corrected chi connectivity index (χ0v) is 19.1. The van der Waals surface area contributed by atoms with Crippen LogP contribution in [0.15, 0.2) is 28.8 Å². The standard InChI is InChI=1S/C23H32N4O5/c1-4-31-20-9-7-18(8-10-20)14-23(29)26-12-5-6-19(15-26)27(17(2)28)13-11-21-24-22(16-30-3)32-25-21/h7-10,19H,4-6,11-16H2,1-3H3. The van der Waals surface area contributed by atoms with Crippen molar-refractivity contribution in [1.29, 1.82) is 0 Å². The molecule has 9 nitrogen and oxygen atoms in total. The van der Waals surface area contributed by atoms with Gasteiger partial charge in [0.1, 0.15) is 12.4 Å². The van der Waals surface area contributed by atoms with E-state index in [1.807, 2.05) is 41.0 Å². The number of benzene rings is 1. The highest BCUT2D eigenvalue weighted by Gasteiger charge is 2.29. The van der Waals surface area contributed by atoms with Gasteiger partial charge in [-0.05, 0) is 37.5 Å². The van der Waals surface area contributed by atoms with Crippen molar-refractivity contribution in [1.82, 2.24) is 19.9 Å². The molecule has 32 heavy (non-hydrogen) atoms. The minimum atomic E-state index is -0.0177. The number of hydrogen-bond donors (Lipinski definition) is 0. The lowest BCUT2D eigenvalue weighted by molar-refractivity contribution is -0.138. The number of hydrogen-bond acceptors (Lipinski definition) is 7. The molecule has 2 aromatic rings. The van der Waals surface area contributed by atoms with Crippen LogP contribution in [0.4, 0.5) is 0 Å². The van der Waals surface area contributed by atoms with Crippen molar-refractivity contribution in [2.24, 2.45) is 0 Å². The zero-order chi connectivity index (χ0) is 22.9. The number of rotatable bonds is 10. The minimum Gasteiger partial charge on any atom is -0.494 e. The Bertz CT molecular complexity index is 883. The molecule has 1 aromatic carbocycles. The van der Waals surface area contributed by atoms with Gasteiger partial charge in [-0.3, -0.25) is 9.59 Å². The number of nitrogens with zero attached hydrogens (tertiary/aromatic N) is 4. The van der Waals surface area contributed by atoms with Crippen molar-refractivity contribution in [2.75, 3.05) is 33.4 Å². The lowest BCUT2D eigenvalue weighted by Gasteiger charge is -2.39. The molecule has 1 saturated heterocycles. The van der Waals surface area contributed by atoms with E-state index < -0.39 is 0 Å². The summed E-state index contributed by atoms with van der Waals surface area (Å²) in [5, 5.41) is 3.94. The van der Waals surface area contributed by atoms with Crippen LogP contribution in [0.2, 0.25) is 0 Å². The van der Waals surface area contributed by atoms with Crippen molar-refractivity contribution in [2.45, 2.75) is 52.2 Å². The van der Waals surface area contributed by atoms with Crippen molar-refractivity contribution in [3.8, 4) is 5.75 Å². The van der Waals surface area contributed by atoms with E-state index in [1.165, 1.54) is 0 Å². The van der Waals surface area contributed by atoms with E-state index in [1.54, 1.807) is 14.0 Å². The van der Waals surface area contributed by atoms with E-state index in [-0.39, 0.29) is 24.5 Å². The van der Waals surface area contributed by atoms with E-state index in [4.69, 9.17) is 14.0 Å². The third-order valence-corrected chi connectivity index (χ3v) is 5.54. The summed E-state index contributed by atoms with van der Waals surface area (Å²) in [7, 11) is 1.56. The van der Waals surface area contributed by atoms with E-state index in [0.29, 0.717) is 50.8 Å². The summed E-state index contributed by atoms with van der Waals surface area (Å²) in [4.78, 5) is 33.2. The molecular formula is C23H32N4O5. The fourth-order valence-corrected chi connectivity index (χ4v) is 3.98. The molecule has 174 valence electrons. The molecule has 1 unspecified atom stereocenters. The lowest BCUT2D eigenvalue weighted by Crippen LogP contribution is -2.52. The molecule has 2 heterocycles. The second-order valence-corrected chi connectivity index (χ2v) is 7.89. The van der Waals surface area contributed by atoms with Gasteiger partial charge in [0.05, 0.1) is 13.0 Å². The molecule has 1 atom stereocenters. The molecule has 0 N–H and O–H groups in total. The number of carbonyl (C=O) groups excluding carboxylic acids is 2. The van der Waals surface area contributed by atoms with E-state index in [9.17, 15) is 9.59 Å². The second kappa shape index (κ2) is 11.6. The van der Waals surface area contributed by atoms with Crippen LogP contribution in [-0.4, -0.2) is 71.1 Å². The minimum absolute atomic E-state index is 0.0172. The Labute approximate surface area is 188 Å². The third kappa shape index (κ3) is 6.53. The first kappa shape index (κ1) is 23.7. The summed E-state index contributed by atoms with van der Waals surface area (Å²) in [6.07, 6.45) is 2.56. The van der Waals surface area contributed by atoms with Gasteiger partial charge < -0.3 is 23.8 Å². The summed E-state index contributed by atoms with van der Waals surface area (Å²) >= 11 is 0. The topological polar surface area (TPSA) is 98.0 Å². The van der Waals surface area contributed by atoms with Gasteiger partial charge in [0.25, 0.3) is 5.89 Å². The smallest absolute Gasteiger partial charge is 0.252 e. The summed E-state index contributed by atoms with van der Waals surface area (Å²) < 4.78 is 15.6. The van der Waals surface area contributed by atoms with Crippen LogP contribution < -0.4 is 4.74 Å². The van der Waals surface area contributed by atoms with Crippen molar-refractivity contribution < 1.29 is 23.6 Å². The Kier molecular flexibility index (Phi) is 8.61. The third-order valence-electron chi connectivity index (χ3n) is 5.54. The van der Waals surface area contributed by atoms with Crippen LogP contribution in [-0.2, 0) is 33.8 Å². The number of amides is 2. The summed E-state index contributed by atoms with van der Waals surface area (Å²) in [5.74, 6) is 1.82. The number of likely N-dealkylation sites (tertiary alicyclic amines) is 1. The molecule has 9 heteroatoms. The molecule has 1 fully saturated rings. The molecule has 0 saturated carbocycles. The SMILES string of the molecule is CCOc1ccc(CC(=O)N2CCCC(N(CCc3noc(COC)n3)C(C)=O)C2)cc1. The van der Waals surface area contributed by atoms with Gasteiger partial charge in [-0.15, -0.1) is 0 Å². The van der Waals surface area contributed by atoms with Crippen molar-refractivity contribution in [3.05, 3.63) is 41.5 Å². The molecule has 3 rings (SSSR count). The fourth-order valence-electron chi connectivity index (χ4n) is 3.98. The molecule has 0 spiro atoms. The van der Waals surface area contributed by atoms with Crippen LogP contribution in [0, 0.1) is 0 Å². The van der Waals surface area contributed by atoms with Crippen LogP contribution in [0.3, 0.4) is 0 Å². The quantitative estimate of drug-likeness (QED) is 0.554. The van der Waals surface area contributed by atoms with Crippen LogP contribution in [0.5, 0.6) is 5.75 Å². The van der Waals surface area contributed by atoms with Gasteiger partial charge in [0.15, 0.2) is 5.82 Å². The molecule has 2 amide bonds. The molecular weight excluding hydrogens is 412 g/mol. The first-order chi connectivity index (χ1) is 15.5. The van der Waals surface area contributed by atoms with Gasteiger partial charge in [0, 0.05) is 46.1 Å². The fraction of sp³-hybridized carbons (Fsp3) is 0.565. The predicted octanol–water partition coefficient (Wildman–Crippen LogP) is 2.24. The average molecular weight is 445 g/mol. The number of aromatic nitrogens is 2. The molecule has 1 aliphatic rings. The Morgan fingerprint density at radius 1 is 1.28 bits per heavy atom. The van der Waals surface area contributed by atoms with Crippen molar-refractivity contribution >= 4 is 11.8 Å². The Hall–Kier alpha value is -2.94. The van der Waals surface area contributed by atoms with Gasteiger partial charge in [0.2, 0.25) is 11.8 Å². The monoisotopic (exact) mass is 444 g/mol. The van der Waals surface area contributed by atoms with Crippen LogP contribution in [0.25, 0.3) is 0 Å². The molecule has 0 aliphatic carbocycles. The van der Waals surface area contributed by atoms with Crippen molar-refractivity contribution in [3.63, 3.8) is 0 Å². The summed E-state index contributed by atoms with van der Waals surface area (Å²) in [6.45, 7) is 6.11.